The summed E-state index contributed by atoms with van der Waals surface area (Å²) in [6.07, 6.45) is 0.886. The first kappa shape index (κ1) is 21.9. The minimum Gasteiger partial charge on any atom is -0.491 e. The third-order valence-corrected chi connectivity index (χ3v) is 4.38. The van der Waals surface area contributed by atoms with Crippen molar-refractivity contribution in [2.45, 2.75) is 32.8 Å². The summed E-state index contributed by atoms with van der Waals surface area (Å²) in [6.45, 7) is 6.39. The molecular formula is C20H30FN3O4. The number of nitrogens with one attached hydrogen (secondary N) is 1. The summed E-state index contributed by atoms with van der Waals surface area (Å²) in [5.41, 5.74) is 0. The van der Waals surface area contributed by atoms with Gasteiger partial charge in [-0.25, -0.2) is 4.39 Å². The largest absolute Gasteiger partial charge is 0.491 e. The van der Waals surface area contributed by atoms with Crippen molar-refractivity contribution >= 4 is 11.9 Å². The van der Waals surface area contributed by atoms with Gasteiger partial charge >= 0.3 is 5.97 Å². The zero-order valence-electron chi connectivity index (χ0n) is 16.6. The molecule has 2 rings (SSSR count). The van der Waals surface area contributed by atoms with Gasteiger partial charge in [-0.1, -0.05) is 0 Å². The first-order valence-electron chi connectivity index (χ1n) is 9.79. The number of aliphatic imine (C=N–C) groups is 1. The molecule has 0 aliphatic carbocycles. The highest BCUT2D eigenvalue weighted by Gasteiger charge is 2.28. The standard InChI is InChI=1S/C20H30FN3O4/c1-3-22-20(24-11-5-6-15(13-24)19(26)27-4-2)23-12-17(25)14-28-18-9-7-16(21)8-10-18/h7-10,15,17,25H,3-6,11-14H2,1-2H3,(H,22,23). The van der Waals surface area contributed by atoms with Gasteiger partial charge in [0, 0.05) is 19.6 Å². The molecule has 0 spiro atoms. The molecule has 0 saturated carbocycles. The molecule has 0 bridgehead atoms. The highest BCUT2D eigenvalue weighted by Crippen LogP contribution is 2.18. The summed E-state index contributed by atoms with van der Waals surface area (Å²) in [4.78, 5) is 18.6. The molecule has 1 aliphatic heterocycles. The number of likely N-dealkylation sites (tertiary alicyclic amines) is 1. The summed E-state index contributed by atoms with van der Waals surface area (Å²) < 4.78 is 23.5. The Morgan fingerprint density at radius 3 is 2.82 bits per heavy atom. The Morgan fingerprint density at radius 1 is 1.39 bits per heavy atom. The third-order valence-electron chi connectivity index (χ3n) is 4.38. The maximum absolute atomic E-state index is 12.9. The van der Waals surface area contributed by atoms with E-state index in [0.717, 1.165) is 19.4 Å². The van der Waals surface area contributed by atoms with Crippen molar-refractivity contribution in [3.8, 4) is 5.75 Å². The van der Waals surface area contributed by atoms with Crippen molar-refractivity contribution in [1.82, 2.24) is 10.2 Å². The van der Waals surface area contributed by atoms with Gasteiger partial charge in [0.25, 0.3) is 0 Å². The molecule has 1 heterocycles. The molecule has 1 saturated heterocycles. The van der Waals surface area contributed by atoms with Gasteiger partial charge in [0.05, 0.1) is 19.1 Å². The molecule has 1 aliphatic rings. The monoisotopic (exact) mass is 395 g/mol. The first-order chi connectivity index (χ1) is 13.5. The number of ether oxygens (including phenoxy) is 2. The summed E-state index contributed by atoms with van der Waals surface area (Å²) in [7, 11) is 0. The minimum absolute atomic E-state index is 0.0555. The van der Waals surface area contributed by atoms with E-state index in [1.54, 1.807) is 6.92 Å². The minimum atomic E-state index is -0.802. The number of halogens is 1. The van der Waals surface area contributed by atoms with Crippen molar-refractivity contribution < 1.29 is 23.8 Å². The Bertz CT molecular complexity index is 639. The zero-order chi connectivity index (χ0) is 20.4. The van der Waals surface area contributed by atoms with Crippen molar-refractivity contribution in [2.24, 2.45) is 10.9 Å². The molecular weight excluding hydrogens is 365 g/mol. The Balaban J connectivity index is 1.89. The van der Waals surface area contributed by atoms with Crippen LogP contribution in [0.15, 0.2) is 29.3 Å². The molecule has 1 fully saturated rings. The number of rotatable bonds is 8. The van der Waals surface area contributed by atoms with Gasteiger partial charge in [0.1, 0.15) is 24.3 Å². The predicted octanol–water partition coefficient (Wildman–Crippen LogP) is 1.81. The second kappa shape index (κ2) is 11.5. The van der Waals surface area contributed by atoms with Gasteiger partial charge in [-0.15, -0.1) is 0 Å². The fraction of sp³-hybridized carbons (Fsp3) is 0.600. The van der Waals surface area contributed by atoms with Crippen LogP contribution in [0.3, 0.4) is 0 Å². The highest BCUT2D eigenvalue weighted by molar-refractivity contribution is 5.81. The lowest BCUT2D eigenvalue weighted by Gasteiger charge is -2.34. The summed E-state index contributed by atoms with van der Waals surface area (Å²) in [5.74, 6) is 0.484. The van der Waals surface area contributed by atoms with Gasteiger partial charge in [0.2, 0.25) is 0 Å². The summed E-state index contributed by atoms with van der Waals surface area (Å²) >= 11 is 0. The van der Waals surface area contributed by atoms with Crippen LogP contribution >= 0.6 is 0 Å². The van der Waals surface area contributed by atoms with Crippen molar-refractivity contribution in [3.05, 3.63) is 30.1 Å². The van der Waals surface area contributed by atoms with Crippen LogP contribution in [0.5, 0.6) is 5.75 Å². The number of nitrogens with zero attached hydrogens (tertiary/aromatic N) is 2. The molecule has 28 heavy (non-hydrogen) atoms. The van der Waals surface area contributed by atoms with E-state index in [0.29, 0.717) is 31.4 Å². The van der Waals surface area contributed by atoms with Crippen LogP contribution in [-0.4, -0.2) is 67.4 Å². The molecule has 2 unspecified atom stereocenters. The van der Waals surface area contributed by atoms with Gasteiger partial charge < -0.3 is 24.8 Å². The van der Waals surface area contributed by atoms with Crippen LogP contribution in [0.4, 0.5) is 4.39 Å². The molecule has 0 radical (unpaired) electrons. The van der Waals surface area contributed by atoms with Crippen molar-refractivity contribution in [1.29, 1.82) is 0 Å². The predicted molar refractivity (Wildman–Crippen MR) is 105 cm³/mol. The Morgan fingerprint density at radius 2 is 2.14 bits per heavy atom. The lowest BCUT2D eigenvalue weighted by molar-refractivity contribution is -0.149. The smallest absolute Gasteiger partial charge is 0.310 e. The Hall–Kier alpha value is -2.35. The summed E-state index contributed by atoms with van der Waals surface area (Å²) in [6, 6.07) is 5.64. The average Bonchev–Trinajstić information content (AvgIpc) is 2.71. The van der Waals surface area contributed by atoms with Crippen LogP contribution in [0.1, 0.15) is 26.7 Å². The SMILES string of the molecule is CCNC(=NCC(O)COc1ccc(F)cc1)N1CCCC(C(=O)OCC)C1. The number of aliphatic hydroxyl groups excluding tert-OH is 1. The maximum Gasteiger partial charge on any atom is 0.310 e. The number of hydrogen-bond acceptors (Lipinski definition) is 5. The van der Waals surface area contributed by atoms with E-state index in [-0.39, 0.29) is 30.9 Å². The molecule has 156 valence electrons. The van der Waals surface area contributed by atoms with E-state index < -0.39 is 6.10 Å². The number of carbonyl (C=O) groups is 1. The normalized spacial score (nSPS) is 18.5. The molecule has 2 atom stereocenters. The van der Waals surface area contributed by atoms with Gasteiger partial charge in [-0.3, -0.25) is 9.79 Å². The molecule has 7 nitrogen and oxygen atoms in total. The lowest BCUT2D eigenvalue weighted by atomic mass is 9.98. The molecule has 0 aromatic heterocycles. The number of carbonyl (C=O) groups excluding carboxylic acids is 1. The second-order valence-electron chi connectivity index (χ2n) is 6.65. The van der Waals surface area contributed by atoms with E-state index >= 15 is 0 Å². The fourth-order valence-corrected chi connectivity index (χ4v) is 3.02. The first-order valence-corrected chi connectivity index (χ1v) is 9.79. The van der Waals surface area contributed by atoms with E-state index in [1.165, 1.54) is 24.3 Å². The van der Waals surface area contributed by atoms with E-state index in [9.17, 15) is 14.3 Å². The second-order valence-corrected chi connectivity index (χ2v) is 6.65. The van der Waals surface area contributed by atoms with E-state index in [1.807, 2.05) is 11.8 Å². The average molecular weight is 395 g/mol. The number of piperidine rings is 1. The molecule has 1 aromatic carbocycles. The number of aliphatic hydroxyl groups is 1. The summed E-state index contributed by atoms with van der Waals surface area (Å²) in [5, 5.41) is 13.4. The van der Waals surface area contributed by atoms with Gasteiger partial charge in [0.15, 0.2) is 5.96 Å². The number of esters is 1. The van der Waals surface area contributed by atoms with Crippen LogP contribution in [-0.2, 0) is 9.53 Å². The number of hydrogen-bond donors (Lipinski definition) is 2. The lowest BCUT2D eigenvalue weighted by Crippen LogP contribution is -2.48. The number of guanidine groups is 1. The zero-order valence-corrected chi connectivity index (χ0v) is 16.6. The van der Waals surface area contributed by atoms with E-state index in [4.69, 9.17) is 9.47 Å². The topological polar surface area (TPSA) is 83.4 Å². The molecule has 0 amide bonds. The fourth-order valence-electron chi connectivity index (χ4n) is 3.02. The third kappa shape index (κ3) is 6.99. The molecule has 1 aromatic rings. The Labute approximate surface area is 165 Å². The number of benzene rings is 1. The van der Waals surface area contributed by atoms with Gasteiger partial charge in [-0.2, -0.15) is 0 Å². The van der Waals surface area contributed by atoms with E-state index in [2.05, 4.69) is 10.3 Å². The van der Waals surface area contributed by atoms with Gasteiger partial charge in [-0.05, 0) is 51.0 Å². The molecule has 8 heteroatoms. The van der Waals surface area contributed by atoms with Crippen molar-refractivity contribution in [3.63, 3.8) is 0 Å². The van der Waals surface area contributed by atoms with Crippen LogP contribution in [0.2, 0.25) is 0 Å². The van der Waals surface area contributed by atoms with Crippen molar-refractivity contribution in [2.75, 3.05) is 39.4 Å². The highest BCUT2D eigenvalue weighted by atomic mass is 19.1. The van der Waals surface area contributed by atoms with Crippen LogP contribution in [0, 0.1) is 11.7 Å². The Kier molecular flexibility index (Phi) is 9.00. The molecule has 2 N–H and O–H groups in total. The van der Waals surface area contributed by atoms with Crippen LogP contribution < -0.4 is 10.1 Å². The maximum atomic E-state index is 12.9. The quantitative estimate of drug-likeness (QED) is 0.397. The van der Waals surface area contributed by atoms with Crippen LogP contribution in [0.25, 0.3) is 0 Å².